The summed E-state index contributed by atoms with van der Waals surface area (Å²) in [6, 6.07) is 0. The standard InChI is InChI=1S/C14H26N4O/c1-12(2)8-15-9-13-10-18(11-16-13)7-5-6-14(19)17(3)4/h10-12,15H,5-9H2,1-4H3. The van der Waals surface area contributed by atoms with Crippen LogP contribution in [0, 0.1) is 5.92 Å². The van der Waals surface area contributed by atoms with Crippen LogP contribution in [-0.4, -0.2) is 41.0 Å². The SMILES string of the molecule is CC(C)CNCc1cn(CCCC(=O)N(C)C)cn1. The van der Waals surface area contributed by atoms with Crippen LogP contribution in [0.3, 0.4) is 0 Å². The first-order chi connectivity index (χ1) is 8.99. The Hall–Kier alpha value is -1.36. The van der Waals surface area contributed by atoms with E-state index in [1.165, 1.54) is 0 Å². The molecule has 1 aromatic heterocycles. The molecule has 0 aromatic carbocycles. The Balaban J connectivity index is 2.25. The highest BCUT2D eigenvalue weighted by Crippen LogP contribution is 2.01. The summed E-state index contributed by atoms with van der Waals surface area (Å²) < 4.78 is 2.05. The number of rotatable bonds is 8. The Morgan fingerprint density at radius 2 is 2.21 bits per heavy atom. The smallest absolute Gasteiger partial charge is 0.222 e. The molecule has 19 heavy (non-hydrogen) atoms. The largest absolute Gasteiger partial charge is 0.349 e. The van der Waals surface area contributed by atoms with E-state index in [1.807, 2.05) is 12.5 Å². The second kappa shape index (κ2) is 7.94. The van der Waals surface area contributed by atoms with Gasteiger partial charge in [0.1, 0.15) is 0 Å². The lowest BCUT2D eigenvalue weighted by molar-refractivity contribution is -0.128. The van der Waals surface area contributed by atoms with Crippen LogP contribution < -0.4 is 5.32 Å². The molecule has 0 fully saturated rings. The summed E-state index contributed by atoms with van der Waals surface area (Å²) in [7, 11) is 3.58. The van der Waals surface area contributed by atoms with Gasteiger partial charge in [0.15, 0.2) is 0 Å². The molecule has 1 heterocycles. The topological polar surface area (TPSA) is 50.2 Å². The van der Waals surface area contributed by atoms with Crippen LogP contribution in [0.15, 0.2) is 12.5 Å². The van der Waals surface area contributed by atoms with Crippen molar-refractivity contribution >= 4 is 5.91 Å². The van der Waals surface area contributed by atoms with Crippen molar-refractivity contribution in [2.75, 3.05) is 20.6 Å². The number of carbonyl (C=O) groups is 1. The summed E-state index contributed by atoms with van der Waals surface area (Å²) >= 11 is 0. The highest BCUT2D eigenvalue weighted by atomic mass is 16.2. The summed E-state index contributed by atoms with van der Waals surface area (Å²) in [5.74, 6) is 0.832. The summed E-state index contributed by atoms with van der Waals surface area (Å²) in [5.41, 5.74) is 1.06. The molecule has 0 aliphatic rings. The van der Waals surface area contributed by atoms with Gasteiger partial charge in [-0.25, -0.2) is 4.98 Å². The van der Waals surface area contributed by atoms with Crippen LogP contribution in [0.25, 0.3) is 0 Å². The van der Waals surface area contributed by atoms with Crippen molar-refractivity contribution in [1.29, 1.82) is 0 Å². The normalized spacial score (nSPS) is 11.0. The first-order valence-corrected chi connectivity index (χ1v) is 6.90. The van der Waals surface area contributed by atoms with Crippen molar-refractivity contribution in [3.05, 3.63) is 18.2 Å². The van der Waals surface area contributed by atoms with Gasteiger partial charge in [-0.1, -0.05) is 13.8 Å². The van der Waals surface area contributed by atoms with Crippen LogP contribution in [0.4, 0.5) is 0 Å². The maximum Gasteiger partial charge on any atom is 0.222 e. The zero-order chi connectivity index (χ0) is 14.3. The van der Waals surface area contributed by atoms with E-state index in [2.05, 4.69) is 28.7 Å². The fraction of sp³-hybridized carbons (Fsp3) is 0.714. The van der Waals surface area contributed by atoms with Crippen molar-refractivity contribution in [3.8, 4) is 0 Å². The van der Waals surface area contributed by atoms with Gasteiger partial charge in [-0.2, -0.15) is 0 Å². The molecule has 0 unspecified atom stereocenters. The highest BCUT2D eigenvalue weighted by molar-refractivity contribution is 5.75. The fourth-order valence-electron chi connectivity index (χ4n) is 1.75. The first kappa shape index (κ1) is 15.7. The Morgan fingerprint density at radius 3 is 2.84 bits per heavy atom. The van der Waals surface area contributed by atoms with E-state index in [0.29, 0.717) is 12.3 Å². The van der Waals surface area contributed by atoms with Crippen LogP contribution >= 0.6 is 0 Å². The van der Waals surface area contributed by atoms with Crippen LogP contribution in [-0.2, 0) is 17.9 Å². The summed E-state index contributed by atoms with van der Waals surface area (Å²) in [5, 5.41) is 3.37. The zero-order valence-electron chi connectivity index (χ0n) is 12.5. The molecule has 1 N–H and O–H groups in total. The van der Waals surface area contributed by atoms with Gasteiger partial charge in [-0.15, -0.1) is 0 Å². The molecule has 5 nitrogen and oxygen atoms in total. The van der Waals surface area contributed by atoms with Crippen molar-refractivity contribution in [1.82, 2.24) is 19.8 Å². The van der Waals surface area contributed by atoms with E-state index in [1.54, 1.807) is 19.0 Å². The number of aromatic nitrogens is 2. The molecule has 0 atom stereocenters. The molecule has 0 aliphatic carbocycles. The lowest BCUT2D eigenvalue weighted by atomic mass is 10.2. The van der Waals surface area contributed by atoms with Gasteiger partial charge in [0.2, 0.25) is 5.91 Å². The van der Waals surface area contributed by atoms with E-state index in [0.717, 1.165) is 31.7 Å². The first-order valence-electron chi connectivity index (χ1n) is 6.90. The Morgan fingerprint density at radius 1 is 1.47 bits per heavy atom. The zero-order valence-corrected chi connectivity index (χ0v) is 12.5. The lowest BCUT2D eigenvalue weighted by Crippen LogP contribution is -2.21. The van der Waals surface area contributed by atoms with Crippen molar-refractivity contribution in [2.24, 2.45) is 5.92 Å². The number of imidazole rings is 1. The predicted octanol–water partition coefficient (Wildman–Crippen LogP) is 1.50. The number of nitrogens with zero attached hydrogens (tertiary/aromatic N) is 3. The van der Waals surface area contributed by atoms with Gasteiger partial charge in [0.05, 0.1) is 12.0 Å². The molecule has 0 aliphatic heterocycles. The van der Waals surface area contributed by atoms with E-state index in [4.69, 9.17) is 0 Å². The molecule has 108 valence electrons. The molecule has 0 saturated carbocycles. The molecule has 1 aromatic rings. The molecule has 1 rings (SSSR count). The average Bonchev–Trinajstić information content (AvgIpc) is 2.76. The van der Waals surface area contributed by atoms with E-state index in [9.17, 15) is 4.79 Å². The molecular formula is C14H26N4O. The van der Waals surface area contributed by atoms with Gasteiger partial charge < -0.3 is 14.8 Å². The molecule has 1 amide bonds. The number of nitrogens with one attached hydrogen (secondary N) is 1. The second-order valence-corrected chi connectivity index (χ2v) is 5.52. The summed E-state index contributed by atoms with van der Waals surface area (Å²) in [6.07, 6.45) is 5.33. The minimum Gasteiger partial charge on any atom is -0.349 e. The molecule has 0 radical (unpaired) electrons. The number of aryl methyl sites for hydroxylation is 1. The molecule has 5 heteroatoms. The molecule has 0 bridgehead atoms. The minimum atomic E-state index is 0.180. The van der Waals surface area contributed by atoms with Crippen LogP contribution in [0.5, 0.6) is 0 Å². The fourth-order valence-corrected chi connectivity index (χ4v) is 1.75. The van der Waals surface area contributed by atoms with Crippen LogP contribution in [0.2, 0.25) is 0 Å². The third kappa shape index (κ3) is 6.38. The highest BCUT2D eigenvalue weighted by Gasteiger charge is 2.04. The second-order valence-electron chi connectivity index (χ2n) is 5.52. The van der Waals surface area contributed by atoms with Gasteiger partial charge in [-0.3, -0.25) is 4.79 Å². The number of amides is 1. The van der Waals surface area contributed by atoms with Gasteiger partial charge >= 0.3 is 0 Å². The molecule has 0 saturated heterocycles. The molecule has 0 spiro atoms. The maximum atomic E-state index is 11.4. The van der Waals surface area contributed by atoms with Gasteiger partial charge in [-0.05, 0) is 18.9 Å². The Labute approximate surface area is 116 Å². The Kier molecular flexibility index (Phi) is 6.56. The van der Waals surface area contributed by atoms with Gasteiger partial charge in [0, 0.05) is 39.8 Å². The van der Waals surface area contributed by atoms with Crippen molar-refractivity contribution < 1.29 is 4.79 Å². The van der Waals surface area contributed by atoms with Crippen molar-refractivity contribution in [2.45, 2.75) is 39.8 Å². The number of hydrogen-bond donors (Lipinski definition) is 1. The van der Waals surface area contributed by atoms with E-state index < -0.39 is 0 Å². The summed E-state index contributed by atoms with van der Waals surface area (Å²) in [4.78, 5) is 17.4. The van der Waals surface area contributed by atoms with Crippen molar-refractivity contribution in [3.63, 3.8) is 0 Å². The number of hydrogen-bond acceptors (Lipinski definition) is 3. The maximum absolute atomic E-state index is 11.4. The van der Waals surface area contributed by atoms with Crippen LogP contribution in [0.1, 0.15) is 32.4 Å². The van der Waals surface area contributed by atoms with Gasteiger partial charge in [0.25, 0.3) is 0 Å². The lowest BCUT2D eigenvalue weighted by Gasteiger charge is -2.09. The third-order valence-electron chi connectivity index (χ3n) is 2.85. The van der Waals surface area contributed by atoms with E-state index in [-0.39, 0.29) is 5.91 Å². The Bertz CT molecular complexity index is 385. The minimum absolute atomic E-state index is 0.180. The summed E-state index contributed by atoms with van der Waals surface area (Å²) in [6.45, 7) is 7.03. The van der Waals surface area contributed by atoms with E-state index >= 15 is 0 Å². The predicted molar refractivity (Wildman–Crippen MR) is 76.7 cm³/mol. The quantitative estimate of drug-likeness (QED) is 0.775. The monoisotopic (exact) mass is 266 g/mol. The molecular weight excluding hydrogens is 240 g/mol. The number of carbonyl (C=O) groups excluding carboxylic acids is 1. The average molecular weight is 266 g/mol. The third-order valence-corrected chi connectivity index (χ3v) is 2.85.